The molecule has 1 aromatic carbocycles. The predicted octanol–water partition coefficient (Wildman–Crippen LogP) is 1.90. The smallest absolute Gasteiger partial charge is 0.227 e. The lowest BCUT2D eigenvalue weighted by molar-refractivity contribution is -0.135. The lowest BCUT2D eigenvalue weighted by atomic mass is 9.95. The van der Waals surface area contributed by atoms with E-state index in [4.69, 9.17) is 0 Å². The zero-order chi connectivity index (χ0) is 17.6. The molecule has 0 spiro atoms. The number of carbonyl (C=O) groups is 2. The molecule has 2 saturated heterocycles. The van der Waals surface area contributed by atoms with Crippen molar-refractivity contribution in [3.8, 4) is 0 Å². The topological polar surface area (TPSA) is 61.4 Å². The van der Waals surface area contributed by atoms with Crippen LogP contribution in [-0.2, 0) is 16.0 Å². The number of carbonyl (C=O) groups excluding carboxylic acids is 2. The third kappa shape index (κ3) is 5.68. The Labute approximate surface area is 160 Å². The second-order valence-corrected chi connectivity index (χ2v) is 7.03. The quantitative estimate of drug-likeness (QED) is 0.834. The molecule has 1 unspecified atom stereocenters. The molecule has 2 heterocycles. The van der Waals surface area contributed by atoms with Gasteiger partial charge in [-0.3, -0.25) is 9.59 Å². The van der Waals surface area contributed by atoms with Crippen LogP contribution in [0, 0.1) is 11.7 Å². The number of nitrogens with one attached hydrogen (secondary N) is 2. The minimum atomic E-state index is -0.303. The van der Waals surface area contributed by atoms with E-state index < -0.39 is 0 Å². The molecule has 2 atom stereocenters. The third-order valence-corrected chi connectivity index (χ3v) is 5.06. The average Bonchev–Trinajstić information content (AvgIpc) is 2.64. The summed E-state index contributed by atoms with van der Waals surface area (Å²) >= 11 is 0. The van der Waals surface area contributed by atoms with Crippen LogP contribution in [0.25, 0.3) is 0 Å². The van der Waals surface area contributed by atoms with Gasteiger partial charge in [0, 0.05) is 25.7 Å². The first kappa shape index (κ1) is 20.6. The van der Waals surface area contributed by atoms with E-state index >= 15 is 0 Å². The van der Waals surface area contributed by atoms with Gasteiger partial charge in [0.25, 0.3) is 0 Å². The molecule has 7 heteroatoms. The van der Waals surface area contributed by atoms with Crippen molar-refractivity contribution in [1.82, 2.24) is 15.5 Å². The van der Waals surface area contributed by atoms with E-state index in [0.29, 0.717) is 13.1 Å². The van der Waals surface area contributed by atoms with E-state index in [9.17, 15) is 14.0 Å². The number of rotatable bonds is 4. The number of halogens is 2. The molecule has 0 saturated carbocycles. The van der Waals surface area contributed by atoms with Crippen LogP contribution in [0.5, 0.6) is 0 Å². The monoisotopic (exact) mass is 383 g/mol. The van der Waals surface area contributed by atoms with E-state index in [2.05, 4.69) is 10.6 Å². The second kappa shape index (κ2) is 9.88. The van der Waals surface area contributed by atoms with E-state index in [1.165, 1.54) is 12.1 Å². The van der Waals surface area contributed by atoms with Gasteiger partial charge in [-0.25, -0.2) is 4.39 Å². The molecule has 5 nitrogen and oxygen atoms in total. The Morgan fingerprint density at radius 3 is 2.65 bits per heavy atom. The number of likely N-dealkylation sites (tertiary alicyclic amines) is 1. The lowest BCUT2D eigenvalue weighted by Crippen LogP contribution is -2.51. The first-order valence-electron chi connectivity index (χ1n) is 9.15. The Bertz CT molecular complexity index is 605. The predicted molar refractivity (Wildman–Crippen MR) is 101 cm³/mol. The van der Waals surface area contributed by atoms with Crippen molar-refractivity contribution < 1.29 is 14.0 Å². The van der Waals surface area contributed by atoms with Crippen LogP contribution in [0.15, 0.2) is 24.3 Å². The summed E-state index contributed by atoms with van der Waals surface area (Å²) in [7, 11) is 0. The van der Waals surface area contributed by atoms with Crippen LogP contribution in [0.4, 0.5) is 4.39 Å². The first-order chi connectivity index (χ1) is 12.1. The number of amides is 2. The van der Waals surface area contributed by atoms with Crippen molar-refractivity contribution in [3.63, 3.8) is 0 Å². The number of hydrogen-bond donors (Lipinski definition) is 2. The largest absolute Gasteiger partial charge is 0.352 e. The fraction of sp³-hybridized carbons (Fsp3) is 0.579. The summed E-state index contributed by atoms with van der Waals surface area (Å²) in [5.41, 5.74) is 0.797. The fourth-order valence-electron chi connectivity index (χ4n) is 3.60. The van der Waals surface area contributed by atoms with Crippen LogP contribution in [0.2, 0.25) is 0 Å². The maximum Gasteiger partial charge on any atom is 0.227 e. The standard InChI is InChI=1S/C19H26FN3O2.ClH/c20-16-7-5-14(6-8-16)11-18(24)23-10-2-3-15(13-23)19(25)22-17-4-1-9-21-12-17;/h5-8,15,17,21H,1-4,9-13H2,(H,22,25);1H/t15?,17-;/m0./s1. The van der Waals surface area contributed by atoms with Gasteiger partial charge in [-0.05, 0) is 49.9 Å². The maximum absolute atomic E-state index is 13.0. The van der Waals surface area contributed by atoms with Crippen LogP contribution < -0.4 is 10.6 Å². The van der Waals surface area contributed by atoms with Crippen LogP contribution in [-0.4, -0.2) is 48.9 Å². The molecular formula is C19H27ClFN3O2. The highest BCUT2D eigenvalue weighted by Crippen LogP contribution is 2.18. The molecule has 2 N–H and O–H groups in total. The van der Waals surface area contributed by atoms with E-state index in [1.807, 2.05) is 0 Å². The van der Waals surface area contributed by atoms with Gasteiger partial charge in [-0.15, -0.1) is 12.4 Å². The van der Waals surface area contributed by atoms with Crippen LogP contribution >= 0.6 is 12.4 Å². The van der Waals surface area contributed by atoms with Gasteiger partial charge < -0.3 is 15.5 Å². The van der Waals surface area contributed by atoms with E-state index in [-0.39, 0.29) is 48.4 Å². The summed E-state index contributed by atoms with van der Waals surface area (Å²) < 4.78 is 13.0. The highest BCUT2D eigenvalue weighted by atomic mass is 35.5. The van der Waals surface area contributed by atoms with Gasteiger partial charge in [0.05, 0.1) is 12.3 Å². The Balaban J connectivity index is 0.00000243. The average molecular weight is 384 g/mol. The van der Waals surface area contributed by atoms with Gasteiger partial charge in [0.1, 0.15) is 5.82 Å². The van der Waals surface area contributed by atoms with E-state index in [0.717, 1.165) is 44.3 Å². The molecule has 2 fully saturated rings. The maximum atomic E-state index is 13.0. The van der Waals surface area contributed by atoms with Crippen molar-refractivity contribution in [3.05, 3.63) is 35.6 Å². The highest BCUT2D eigenvalue weighted by molar-refractivity contribution is 5.85. The normalized spacial score (nSPS) is 23.0. The number of piperidine rings is 2. The minimum absolute atomic E-state index is 0. The summed E-state index contributed by atoms with van der Waals surface area (Å²) in [5.74, 6) is -0.368. The lowest BCUT2D eigenvalue weighted by Gasteiger charge is -2.33. The molecule has 0 aliphatic carbocycles. The fourth-order valence-corrected chi connectivity index (χ4v) is 3.60. The molecule has 2 aliphatic rings. The first-order valence-corrected chi connectivity index (χ1v) is 9.15. The highest BCUT2D eigenvalue weighted by Gasteiger charge is 2.29. The van der Waals surface area contributed by atoms with Gasteiger partial charge >= 0.3 is 0 Å². The minimum Gasteiger partial charge on any atom is -0.352 e. The Morgan fingerprint density at radius 2 is 1.96 bits per heavy atom. The van der Waals surface area contributed by atoms with Crippen LogP contribution in [0.3, 0.4) is 0 Å². The van der Waals surface area contributed by atoms with E-state index in [1.54, 1.807) is 17.0 Å². The summed E-state index contributed by atoms with van der Waals surface area (Å²) in [4.78, 5) is 26.8. The van der Waals surface area contributed by atoms with Gasteiger partial charge in [0.15, 0.2) is 0 Å². The summed E-state index contributed by atoms with van der Waals surface area (Å²) in [6.45, 7) is 3.01. The molecule has 3 rings (SSSR count). The number of nitrogens with zero attached hydrogens (tertiary/aromatic N) is 1. The van der Waals surface area contributed by atoms with Crippen molar-refractivity contribution in [1.29, 1.82) is 0 Å². The molecule has 2 aliphatic heterocycles. The number of benzene rings is 1. The van der Waals surface area contributed by atoms with Crippen molar-refractivity contribution in [2.75, 3.05) is 26.2 Å². The zero-order valence-corrected chi connectivity index (χ0v) is 15.7. The Morgan fingerprint density at radius 1 is 1.19 bits per heavy atom. The molecule has 144 valence electrons. The van der Waals surface area contributed by atoms with Crippen molar-refractivity contribution in [2.45, 2.75) is 38.1 Å². The second-order valence-electron chi connectivity index (χ2n) is 7.03. The SMILES string of the molecule is Cl.O=C(N[C@H]1CCCNC1)C1CCCN(C(=O)Cc2ccc(F)cc2)C1. The third-order valence-electron chi connectivity index (χ3n) is 5.06. The Hall–Kier alpha value is -1.66. The molecular weight excluding hydrogens is 357 g/mol. The van der Waals surface area contributed by atoms with Gasteiger partial charge in [-0.1, -0.05) is 12.1 Å². The summed E-state index contributed by atoms with van der Waals surface area (Å²) in [5, 5.41) is 6.42. The molecule has 26 heavy (non-hydrogen) atoms. The van der Waals surface area contributed by atoms with Crippen LogP contribution in [0.1, 0.15) is 31.2 Å². The number of hydrogen-bond acceptors (Lipinski definition) is 3. The van der Waals surface area contributed by atoms with Crippen molar-refractivity contribution >= 4 is 24.2 Å². The van der Waals surface area contributed by atoms with Gasteiger partial charge in [0.2, 0.25) is 11.8 Å². The van der Waals surface area contributed by atoms with Crippen molar-refractivity contribution in [2.24, 2.45) is 5.92 Å². The molecule has 1 aromatic rings. The zero-order valence-electron chi connectivity index (χ0n) is 14.9. The molecule has 0 bridgehead atoms. The Kier molecular flexibility index (Phi) is 7.85. The van der Waals surface area contributed by atoms with Gasteiger partial charge in [-0.2, -0.15) is 0 Å². The summed E-state index contributed by atoms with van der Waals surface area (Å²) in [6.07, 6.45) is 4.01. The molecule has 0 radical (unpaired) electrons. The molecule has 2 amide bonds. The summed E-state index contributed by atoms with van der Waals surface area (Å²) in [6, 6.07) is 6.21. The molecule has 0 aromatic heterocycles.